The first-order valence-electron chi connectivity index (χ1n) is 8.50. The van der Waals surface area contributed by atoms with Crippen molar-refractivity contribution >= 4 is 28.5 Å². The molecule has 3 rings (SSSR count). The van der Waals surface area contributed by atoms with Crippen molar-refractivity contribution in [1.29, 1.82) is 0 Å². The minimum absolute atomic E-state index is 0.121. The van der Waals surface area contributed by atoms with Crippen molar-refractivity contribution < 1.29 is 14.0 Å². The largest absolute Gasteiger partial charge is 0.451 e. The van der Waals surface area contributed by atoms with Gasteiger partial charge in [0.1, 0.15) is 5.58 Å². The summed E-state index contributed by atoms with van der Waals surface area (Å²) in [5.74, 6) is -1.03. The van der Waals surface area contributed by atoms with E-state index < -0.39 is 11.4 Å². The highest BCUT2D eigenvalue weighted by atomic mass is 16.3. The second kappa shape index (κ2) is 7.07. The van der Waals surface area contributed by atoms with Gasteiger partial charge in [0, 0.05) is 11.6 Å². The Bertz CT molecular complexity index is 1080. The maximum Gasteiger partial charge on any atom is 0.291 e. The van der Waals surface area contributed by atoms with Crippen molar-refractivity contribution in [2.75, 3.05) is 5.32 Å². The van der Waals surface area contributed by atoms with Gasteiger partial charge >= 0.3 is 0 Å². The van der Waals surface area contributed by atoms with E-state index in [-0.39, 0.29) is 17.1 Å². The zero-order valence-electron chi connectivity index (χ0n) is 15.3. The lowest BCUT2D eigenvalue weighted by molar-refractivity contribution is 0.0920. The van der Waals surface area contributed by atoms with Gasteiger partial charge in [0.05, 0.1) is 16.6 Å². The lowest BCUT2D eigenvalue weighted by Gasteiger charge is -2.21. The second-order valence-corrected chi connectivity index (χ2v) is 7.17. The molecule has 6 nitrogen and oxygen atoms in total. The Hall–Kier alpha value is -3.41. The van der Waals surface area contributed by atoms with Crippen LogP contribution in [0, 0.1) is 0 Å². The predicted octanol–water partition coefficient (Wildman–Crippen LogP) is 3.57. The van der Waals surface area contributed by atoms with E-state index in [0.717, 1.165) is 6.07 Å². The van der Waals surface area contributed by atoms with Crippen molar-refractivity contribution in [3.8, 4) is 0 Å². The fraction of sp³-hybridized carbons (Fsp3) is 0.190. The Morgan fingerprint density at radius 1 is 0.926 bits per heavy atom. The van der Waals surface area contributed by atoms with E-state index in [9.17, 15) is 14.4 Å². The molecule has 0 bridgehead atoms. The lowest BCUT2D eigenvalue weighted by atomic mass is 10.1. The Kier molecular flexibility index (Phi) is 4.81. The average molecular weight is 364 g/mol. The molecule has 2 aromatic carbocycles. The summed E-state index contributed by atoms with van der Waals surface area (Å²) >= 11 is 0. The number of hydrogen-bond acceptors (Lipinski definition) is 4. The number of para-hydroxylation sites is 2. The zero-order chi connectivity index (χ0) is 19.6. The summed E-state index contributed by atoms with van der Waals surface area (Å²) in [7, 11) is 0. The highest BCUT2D eigenvalue weighted by molar-refractivity contribution is 6.08. The van der Waals surface area contributed by atoms with Crippen LogP contribution < -0.4 is 16.1 Å². The van der Waals surface area contributed by atoms with Crippen LogP contribution in [0.3, 0.4) is 0 Å². The predicted molar refractivity (Wildman–Crippen MR) is 104 cm³/mol. The molecule has 0 radical (unpaired) electrons. The number of benzene rings is 2. The third-order valence-electron chi connectivity index (χ3n) is 3.77. The standard InChI is InChI=1S/C21H20N2O4/c1-21(2,3)23-19(25)13-8-4-6-10-15(13)22-20(26)18-12-16(24)14-9-5-7-11-17(14)27-18/h4-12H,1-3H3,(H,22,26)(H,23,25). The molecule has 138 valence electrons. The highest BCUT2D eigenvalue weighted by Crippen LogP contribution is 2.18. The van der Waals surface area contributed by atoms with Gasteiger partial charge in [0.2, 0.25) is 0 Å². The first-order valence-corrected chi connectivity index (χ1v) is 8.50. The van der Waals surface area contributed by atoms with Crippen molar-refractivity contribution in [1.82, 2.24) is 5.32 Å². The number of nitrogens with one attached hydrogen (secondary N) is 2. The van der Waals surface area contributed by atoms with Crippen LogP contribution in [0.4, 0.5) is 5.69 Å². The van der Waals surface area contributed by atoms with E-state index in [1.165, 1.54) is 0 Å². The van der Waals surface area contributed by atoms with Crippen molar-refractivity contribution in [2.45, 2.75) is 26.3 Å². The number of carbonyl (C=O) groups is 2. The van der Waals surface area contributed by atoms with Crippen LogP contribution in [0.25, 0.3) is 11.0 Å². The molecule has 6 heteroatoms. The molecule has 1 aromatic heterocycles. The maximum atomic E-state index is 12.6. The molecule has 1 heterocycles. The molecule has 0 aliphatic rings. The second-order valence-electron chi connectivity index (χ2n) is 7.17. The number of rotatable bonds is 3. The van der Waals surface area contributed by atoms with Crippen molar-refractivity contribution in [3.05, 3.63) is 76.1 Å². The molecular formula is C21H20N2O4. The summed E-state index contributed by atoms with van der Waals surface area (Å²) in [5.41, 5.74) is 0.262. The Balaban J connectivity index is 1.91. The fourth-order valence-corrected chi connectivity index (χ4v) is 2.60. The monoisotopic (exact) mass is 364 g/mol. The minimum Gasteiger partial charge on any atom is -0.451 e. The molecule has 0 fully saturated rings. The summed E-state index contributed by atoms with van der Waals surface area (Å²) in [6.45, 7) is 5.61. The number of carbonyl (C=O) groups excluding carboxylic acids is 2. The fourth-order valence-electron chi connectivity index (χ4n) is 2.60. The van der Waals surface area contributed by atoms with Crippen LogP contribution in [0.2, 0.25) is 0 Å². The van der Waals surface area contributed by atoms with Gasteiger partial charge in [-0.05, 0) is 45.0 Å². The van der Waals surface area contributed by atoms with E-state index in [4.69, 9.17) is 4.42 Å². The van der Waals surface area contributed by atoms with Crippen LogP contribution in [-0.2, 0) is 0 Å². The molecule has 0 unspecified atom stereocenters. The van der Waals surface area contributed by atoms with E-state index in [2.05, 4.69) is 10.6 Å². The van der Waals surface area contributed by atoms with E-state index >= 15 is 0 Å². The van der Waals surface area contributed by atoms with Crippen LogP contribution in [0.5, 0.6) is 0 Å². The van der Waals surface area contributed by atoms with Gasteiger partial charge in [0.15, 0.2) is 11.2 Å². The van der Waals surface area contributed by atoms with Gasteiger partial charge in [-0.1, -0.05) is 24.3 Å². The topological polar surface area (TPSA) is 88.4 Å². The molecule has 2 amide bonds. The summed E-state index contributed by atoms with van der Waals surface area (Å²) in [6.07, 6.45) is 0. The third kappa shape index (κ3) is 4.23. The van der Waals surface area contributed by atoms with Crippen LogP contribution in [0.1, 0.15) is 41.7 Å². The summed E-state index contributed by atoms with van der Waals surface area (Å²) in [6, 6.07) is 14.5. The summed E-state index contributed by atoms with van der Waals surface area (Å²) < 4.78 is 5.54. The number of hydrogen-bond donors (Lipinski definition) is 2. The lowest BCUT2D eigenvalue weighted by Crippen LogP contribution is -2.40. The van der Waals surface area contributed by atoms with Crippen molar-refractivity contribution in [3.63, 3.8) is 0 Å². The SMILES string of the molecule is CC(C)(C)NC(=O)c1ccccc1NC(=O)c1cc(=O)c2ccccc2o1. The minimum atomic E-state index is -0.603. The quantitative estimate of drug-likeness (QED) is 0.743. The van der Waals surface area contributed by atoms with E-state index in [1.54, 1.807) is 48.5 Å². The van der Waals surface area contributed by atoms with Gasteiger partial charge in [0.25, 0.3) is 11.8 Å². The van der Waals surface area contributed by atoms with Crippen LogP contribution >= 0.6 is 0 Å². The normalized spacial score (nSPS) is 11.2. The zero-order valence-corrected chi connectivity index (χ0v) is 15.3. The van der Waals surface area contributed by atoms with Gasteiger partial charge < -0.3 is 15.1 Å². The van der Waals surface area contributed by atoms with Gasteiger partial charge in [-0.25, -0.2) is 0 Å². The molecule has 0 saturated heterocycles. The highest BCUT2D eigenvalue weighted by Gasteiger charge is 2.20. The molecule has 0 spiro atoms. The molecule has 0 aliphatic heterocycles. The molecule has 2 N–H and O–H groups in total. The molecule has 0 aliphatic carbocycles. The number of amides is 2. The molecule has 0 saturated carbocycles. The van der Waals surface area contributed by atoms with Crippen molar-refractivity contribution in [2.24, 2.45) is 0 Å². The number of fused-ring (bicyclic) bond motifs is 1. The third-order valence-corrected chi connectivity index (χ3v) is 3.77. The van der Waals surface area contributed by atoms with Crippen LogP contribution in [-0.4, -0.2) is 17.4 Å². The average Bonchev–Trinajstić information content (AvgIpc) is 2.60. The Morgan fingerprint density at radius 2 is 1.59 bits per heavy atom. The summed E-state index contributed by atoms with van der Waals surface area (Å²) in [5, 5.41) is 5.91. The van der Waals surface area contributed by atoms with Gasteiger partial charge in [-0.3, -0.25) is 14.4 Å². The Morgan fingerprint density at radius 3 is 2.33 bits per heavy atom. The maximum absolute atomic E-state index is 12.6. The van der Waals surface area contributed by atoms with Gasteiger partial charge in [-0.15, -0.1) is 0 Å². The first-order chi connectivity index (χ1) is 12.7. The Labute approximate surface area is 156 Å². The van der Waals surface area contributed by atoms with Gasteiger partial charge in [-0.2, -0.15) is 0 Å². The van der Waals surface area contributed by atoms with E-state index in [0.29, 0.717) is 22.2 Å². The van der Waals surface area contributed by atoms with Crippen LogP contribution in [0.15, 0.2) is 63.8 Å². The molecule has 3 aromatic rings. The molecule has 27 heavy (non-hydrogen) atoms. The summed E-state index contributed by atoms with van der Waals surface area (Å²) in [4.78, 5) is 37.3. The van der Waals surface area contributed by atoms with E-state index in [1.807, 2.05) is 20.8 Å². The first kappa shape index (κ1) is 18.4. The number of anilines is 1. The smallest absolute Gasteiger partial charge is 0.291 e. The molecular weight excluding hydrogens is 344 g/mol. The molecule has 0 atom stereocenters.